The van der Waals surface area contributed by atoms with Crippen molar-refractivity contribution in [2.24, 2.45) is 10.1 Å². The highest BCUT2D eigenvalue weighted by Crippen LogP contribution is 2.44. The fraction of sp³-hybridized carbons (Fsp3) is 0.278. The van der Waals surface area contributed by atoms with E-state index in [4.69, 9.17) is 25.1 Å². The first-order valence-electron chi connectivity index (χ1n) is 16.0. The van der Waals surface area contributed by atoms with Crippen LogP contribution in [0.15, 0.2) is 118 Å². The average molecular weight is 701 g/mol. The predicted molar refractivity (Wildman–Crippen MR) is 185 cm³/mol. The smallest absolute Gasteiger partial charge is 0.266 e. The van der Waals surface area contributed by atoms with Gasteiger partial charge in [-0.05, 0) is 77.2 Å². The molecule has 0 bridgehead atoms. The van der Waals surface area contributed by atoms with E-state index >= 15 is 0 Å². The molecule has 1 amide bonds. The van der Waals surface area contributed by atoms with Crippen molar-refractivity contribution < 1.29 is 32.2 Å². The summed E-state index contributed by atoms with van der Waals surface area (Å²) in [5, 5.41) is 12.8. The first kappa shape index (κ1) is 36.0. The van der Waals surface area contributed by atoms with Crippen LogP contribution in [0.5, 0.6) is 5.75 Å². The molecule has 5 rings (SSSR count). The van der Waals surface area contributed by atoms with E-state index in [2.05, 4.69) is 20.9 Å². The van der Waals surface area contributed by atoms with Gasteiger partial charge in [0.05, 0.1) is 23.8 Å². The van der Waals surface area contributed by atoms with Gasteiger partial charge >= 0.3 is 0 Å². The molecule has 2 atom stereocenters. The van der Waals surface area contributed by atoms with Crippen LogP contribution in [0, 0.1) is 5.82 Å². The van der Waals surface area contributed by atoms with Crippen LogP contribution < -0.4 is 15.6 Å². The van der Waals surface area contributed by atoms with Gasteiger partial charge in [0, 0.05) is 36.5 Å². The molecule has 50 heavy (non-hydrogen) atoms. The molecule has 0 radical (unpaired) electrons. The second kappa shape index (κ2) is 16.9. The SMILES string of the molecule is [N-]=[N+]=NCc1ccccc1[C@@H]1OC(c2ccc(OCCCO)cc2)=N[C@]1(CCS(=O)(=O)c1ccccc1)C(=O)NNCCc1ccc(F)cc1. The van der Waals surface area contributed by atoms with E-state index in [1.807, 2.05) is 0 Å². The number of carbonyl (C=O) groups is 1. The van der Waals surface area contributed by atoms with Crippen molar-refractivity contribution in [1.82, 2.24) is 10.9 Å². The lowest BCUT2D eigenvalue weighted by Crippen LogP contribution is -2.53. The lowest BCUT2D eigenvalue weighted by atomic mass is 9.83. The summed E-state index contributed by atoms with van der Waals surface area (Å²) in [4.78, 5) is 22.3. The number of aliphatic hydroxyl groups excluding tert-OH is 1. The van der Waals surface area contributed by atoms with Crippen LogP contribution >= 0.6 is 0 Å². The molecule has 260 valence electrons. The second-order valence-electron chi connectivity index (χ2n) is 11.5. The lowest BCUT2D eigenvalue weighted by Gasteiger charge is -2.31. The summed E-state index contributed by atoms with van der Waals surface area (Å²) in [5.41, 5.74) is 15.4. The van der Waals surface area contributed by atoms with E-state index in [1.54, 1.807) is 78.9 Å². The van der Waals surface area contributed by atoms with E-state index in [0.717, 1.165) is 5.56 Å². The Balaban J connectivity index is 1.53. The molecule has 4 aromatic rings. The number of benzene rings is 4. The number of hydrazine groups is 1. The summed E-state index contributed by atoms with van der Waals surface area (Å²) < 4.78 is 52.8. The fourth-order valence-corrected chi connectivity index (χ4v) is 6.92. The van der Waals surface area contributed by atoms with Gasteiger partial charge in [-0.2, -0.15) is 0 Å². The van der Waals surface area contributed by atoms with Crippen molar-refractivity contribution in [3.63, 3.8) is 0 Å². The standard InChI is InChI=1S/C36H37FN6O6S/c37-29-15-11-26(12-16-29)19-21-39-42-35(45)36(20-24-50(46,47)31-8-2-1-3-9-31)33(32-10-5-4-7-28(32)25-40-43-38)49-34(41-36)27-13-17-30(18-14-27)48-23-6-22-44/h1-5,7-18,33,39,44H,6,19-25H2,(H,42,45)/t33-,36-/m0/s1. The normalized spacial score (nSPS) is 16.9. The molecule has 1 aliphatic heterocycles. The lowest BCUT2D eigenvalue weighted by molar-refractivity contribution is -0.130. The molecule has 0 saturated heterocycles. The van der Waals surface area contributed by atoms with E-state index in [1.165, 1.54) is 24.3 Å². The van der Waals surface area contributed by atoms with E-state index in [9.17, 15) is 17.6 Å². The first-order valence-corrected chi connectivity index (χ1v) is 17.7. The Hall–Kier alpha value is -5.27. The van der Waals surface area contributed by atoms with E-state index in [0.29, 0.717) is 41.9 Å². The van der Waals surface area contributed by atoms with Gasteiger partial charge in [-0.3, -0.25) is 10.2 Å². The number of rotatable bonds is 17. The molecule has 12 nitrogen and oxygen atoms in total. The molecule has 14 heteroatoms. The average Bonchev–Trinajstić information content (AvgIpc) is 3.54. The number of azide groups is 1. The summed E-state index contributed by atoms with van der Waals surface area (Å²) in [7, 11) is -3.87. The maximum atomic E-state index is 14.4. The van der Waals surface area contributed by atoms with Crippen LogP contribution in [0.2, 0.25) is 0 Å². The number of amides is 1. The van der Waals surface area contributed by atoms with Gasteiger partial charge in [0.25, 0.3) is 5.91 Å². The number of halogens is 1. The molecule has 0 aliphatic carbocycles. The molecule has 1 heterocycles. The largest absolute Gasteiger partial charge is 0.494 e. The van der Waals surface area contributed by atoms with Crippen LogP contribution in [0.1, 0.15) is 41.2 Å². The van der Waals surface area contributed by atoms with E-state index < -0.39 is 33.1 Å². The molecule has 0 aromatic heterocycles. The Morgan fingerprint density at radius 3 is 2.46 bits per heavy atom. The Kier molecular flexibility index (Phi) is 12.2. The van der Waals surface area contributed by atoms with Crippen molar-refractivity contribution >= 4 is 21.6 Å². The van der Waals surface area contributed by atoms with Crippen LogP contribution in [-0.2, 0) is 32.3 Å². The molecule has 0 spiro atoms. The minimum atomic E-state index is -3.87. The molecular weight excluding hydrogens is 663 g/mol. The number of sulfone groups is 1. The van der Waals surface area contributed by atoms with Crippen molar-refractivity contribution in [2.45, 2.75) is 42.3 Å². The summed E-state index contributed by atoms with van der Waals surface area (Å²) in [6, 6.07) is 27.8. The van der Waals surface area contributed by atoms with Gasteiger partial charge in [-0.15, -0.1) is 0 Å². The highest BCUT2D eigenvalue weighted by molar-refractivity contribution is 7.91. The summed E-state index contributed by atoms with van der Waals surface area (Å²) in [6.45, 7) is 0.557. The molecule has 0 fully saturated rings. The van der Waals surface area contributed by atoms with Gasteiger partial charge < -0.3 is 14.6 Å². The molecule has 0 saturated carbocycles. The number of hydrogen-bond acceptors (Lipinski definition) is 9. The van der Waals surface area contributed by atoms with Crippen LogP contribution in [0.4, 0.5) is 4.39 Å². The topological polar surface area (TPSA) is 175 Å². The van der Waals surface area contributed by atoms with Crippen LogP contribution in [0.3, 0.4) is 0 Å². The Bertz CT molecular complexity index is 1940. The number of nitrogens with one attached hydrogen (secondary N) is 2. The first-order chi connectivity index (χ1) is 24.3. The van der Waals surface area contributed by atoms with Gasteiger partial charge in [0.2, 0.25) is 5.90 Å². The summed E-state index contributed by atoms with van der Waals surface area (Å²) >= 11 is 0. The van der Waals surface area contributed by atoms with Gasteiger partial charge in [0.1, 0.15) is 11.6 Å². The zero-order chi connectivity index (χ0) is 35.4. The van der Waals surface area contributed by atoms with Crippen molar-refractivity contribution in [3.8, 4) is 5.75 Å². The third kappa shape index (κ3) is 8.84. The quantitative estimate of drug-likeness (QED) is 0.0436. The number of aliphatic hydroxyl groups is 1. The fourth-order valence-electron chi connectivity index (χ4n) is 5.53. The van der Waals surface area contributed by atoms with Crippen molar-refractivity contribution in [3.05, 3.63) is 142 Å². The monoisotopic (exact) mass is 700 g/mol. The molecular formula is C36H37FN6O6S. The molecule has 1 aliphatic rings. The minimum absolute atomic E-state index is 0.00347. The number of ether oxygens (including phenoxy) is 2. The Labute approximate surface area is 289 Å². The van der Waals surface area contributed by atoms with Crippen LogP contribution in [0.25, 0.3) is 10.4 Å². The number of hydrogen-bond donors (Lipinski definition) is 3. The van der Waals surface area contributed by atoms with Gasteiger partial charge in [-0.1, -0.05) is 59.7 Å². The second-order valence-corrected chi connectivity index (χ2v) is 13.6. The number of aliphatic imine (C=N–C) groups is 1. The Morgan fingerprint density at radius 1 is 1.02 bits per heavy atom. The summed E-state index contributed by atoms with van der Waals surface area (Å²) in [5.74, 6) is -0.767. The van der Waals surface area contributed by atoms with Gasteiger partial charge in [-0.25, -0.2) is 23.2 Å². The number of nitrogens with zero attached hydrogens (tertiary/aromatic N) is 4. The predicted octanol–water partition coefficient (Wildman–Crippen LogP) is 5.38. The van der Waals surface area contributed by atoms with E-state index in [-0.39, 0.29) is 42.7 Å². The summed E-state index contributed by atoms with van der Waals surface area (Å²) in [6.07, 6.45) is -0.447. The molecule has 3 N–H and O–H groups in total. The van der Waals surface area contributed by atoms with Crippen molar-refractivity contribution in [2.75, 3.05) is 25.5 Å². The highest BCUT2D eigenvalue weighted by Gasteiger charge is 2.54. The minimum Gasteiger partial charge on any atom is -0.494 e. The third-order valence-corrected chi connectivity index (χ3v) is 9.91. The highest BCUT2D eigenvalue weighted by atomic mass is 32.2. The molecule has 0 unspecified atom stereocenters. The molecule has 4 aromatic carbocycles. The third-order valence-electron chi connectivity index (χ3n) is 8.18. The zero-order valence-corrected chi connectivity index (χ0v) is 27.9. The maximum absolute atomic E-state index is 14.4. The Morgan fingerprint density at radius 2 is 1.74 bits per heavy atom. The van der Waals surface area contributed by atoms with Crippen molar-refractivity contribution in [1.29, 1.82) is 0 Å². The number of carbonyl (C=O) groups excluding carboxylic acids is 1. The van der Waals surface area contributed by atoms with Crippen LogP contribution in [-0.4, -0.2) is 56.4 Å². The zero-order valence-electron chi connectivity index (χ0n) is 27.1. The van der Waals surface area contributed by atoms with Gasteiger partial charge in [0.15, 0.2) is 21.5 Å². The maximum Gasteiger partial charge on any atom is 0.266 e.